The molecular weight excluding hydrogens is 2230 g/mol. The fourth-order valence-electron chi connectivity index (χ4n) is 26.8. The van der Waals surface area contributed by atoms with E-state index in [2.05, 4.69) is 272 Å². The predicted octanol–water partition coefficient (Wildman–Crippen LogP) is 39.2. The summed E-state index contributed by atoms with van der Waals surface area (Å²) in [6.45, 7) is 48.0. The van der Waals surface area contributed by atoms with Gasteiger partial charge in [-0.05, 0) is 350 Å². The molecule has 0 aromatic heterocycles. The van der Waals surface area contributed by atoms with Gasteiger partial charge in [0.15, 0.2) is 0 Å². The average Bonchev–Trinajstić information content (AvgIpc) is 1.64. The molecule has 0 radical (unpaired) electrons. The van der Waals surface area contributed by atoms with E-state index in [4.69, 9.17) is 0 Å². The molecule has 0 heterocycles. The summed E-state index contributed by atoms with van der Waals surface area (Å²) in [5, 5.41) is 0. The Labute approximate surface area is 899 Å². The van der Waals surface area contributed by atoms with Gasteiger partial charge in [0.25, 0.3) is 0 Å². The van der Waals surface area contributed by atoms with E-state index < -0.39 is 0 Å². The quantitative estimate of drug-likeness (QED) is 0.183. The minimum absolute atomic E-state index is 0. The molecule has 0 bridgehead atoms. The molecule has 0 N–H and O–H groups in total. The zero-order chi connectivity index (χ0) is 78.4. The van der Waals surface area contributed by atoms with Crippen molar-refractivity contribution in [3.8, 4) is 0 Å². The number of hydrogen-bond donors (Lipinski definition) is 0. The number of hydrogen-bond acceptors (Lipinski definition) is 0. The number of allylic oxidation sites excluding steroid dienone is 16. The van der Waals surface area contributed by atoms with Crippen LogP contribution in [0.5, 0.6) is 0 Å². The van der Waals surface area contributed by atoms with Crippen molar-refractivity contribution < 1.29 is 103 Å². The maximum Gasteiger partial charge on any atom is 4.00 e. The van der Waals surface area contributed by atoms with Crippen LogP contribution in [0, 0.1) is 320 Å². The van der Waals surface area contributed by atoms with Crippen molar-refractivity contribution in [2.45, 2.75) is 318 Å². The van der Waals surface area contributed by atoms with Crippen LogP contribution in [0.2, 0.25) is 0 Å². The molecule has 12 saturated carbocycles. The molecule has 0 nitrogen and oxygen atoms in total. The number of fused-ring (bicyclic) bond motifs is 6. The minimum Gasteiger partial charge on any atom is -0.358 e. The first-order valence-electron chi connectivity index (χ1n) is 48.5. The molecule has 12 unspecified atom stereocenters. The van der Waals surface area contributed by atoms with Crippen molar-refractivity contribution in [2.24, 2.45) is 201 Å². The van der Waals surface area contributed by atoms with Gasteiger partial charge >= 0.3 is 103 Å². The van der Waals surface area contributed by atoms with Gasteiger partial charge in [-0.2, -0.15) is 0 Å². The van der Waals surface area contributed by atoms with Gasteiger partial charge < -0.3 is 119 Å². The van der Waals surface area contributed by atoms with E-state index in [1.165, 1.54) is 184 Å². The van der Waals surface area contributed by atoms with Gasteiger partial charge in [0.1, 0.15) is 0 Å². The first kappa shape index (κ1) is 150. The van der Waals surface area contributed by atoms with Crippen molar-refractivity contribution in [1.82, 2.24) is 0 Å². The molecule has 0 spiro atoms. The van der Waals surface area contributed by atoms with Crippen molar-refractivity contribution in [1.29, 1.82) is 0 Å². The molecule has 18 rings (SSSR count). The standard InChI is InChI=1S/C19H28.C19H22.C16H24.C16H18.4C10H20.16CH3.4Hf/c2*1-2-5-14(6-3-1)11-17-9-10-18-12-15-7-4-8-16(15)13-19(17)18;2*1-2-6-13(7-3-1)12-15-11-10-14-8-4-5-9-16(14)15;4*1-6-7(2)9(4)10(5)8(6)3;;;;;;;;;;;;;;;;;;;;/h12-14,17-19H,1-11H2;1-3,5-6,12-13,17-19H,4,7-11H2;4-5,8-9,13-16H,1-3,6-7,10-12H2;1-9,14-16H,10-12H2;4*6-10H,1-5H3;16*1H3;;;;/q;;;;;;;;16*-1;4*+4. The fraction of sp³-hybridized carbons (Fsp3) is 0.651. The van der Waals surface area contributed by atoms with Crippen LogP contribution in [-0.4, -0.2) is 0 Å². The van der Waals surface area contributed by atoms with Crippen LogP contribution in [0.3, 0.4) is 0 Å². The van der Waals surface area contributed by atoms with Gasteiger partial charge in [-0.1, -0.05) is 336 Å². The third-order valence-corrected chi connectivity index (χ3v) is 37.5. The molecular formula is C126H220Hf4. The summed E-state index contributed by atoms with van der Waals surface area (Å²) in [6, 6.07) is 22.0. The van der Waals surface area contributed by atoms with Crippen molar-refractivity contribution in [2.75, 3.05) is 0 Å². The van der Waals surface area contributed by atoms with E-state index in [0.29, 0.717) is 0 Å². The molecule has 16 aliphatic rings. The summed E-state index contributed by atoms with van der Waals surface area (Å²) in [4.78, 5) is 0. The molecule has 12 fully saturated rings. The van der Waals surface area contributed by atoms with Gasteiger partial charge in [0, 0.05) is 0 Å². The number of benzene rings is 2. The first-order valence-corrected chi connectivity index (χ1v) is 48.5. The summed E-state index contributed by atoms with van der Waals surface area (Å²) in [7, 11) is 0. The van der Waals surface area contributed by atoms with Gasteiger partial charge in [0.2, 0.25) is 0 Å². The van der Waals surface area contributed by atoms with Gasteiger partial charge in [-0.3, -0.25) is 0 Å². The molecule has 740 valence electrons. The van der Waals surface area contributed by atoms with Gasteiger partial charge in [-0.15, -0.1) is 0 Å². The fourth-order valence-corrected chi connectivity index (χ4v) is 26.8. The van der Waals surface area contributed by atoms with Gasteiger partial charge in [-0.25, -0.2) is 0 Å². The summed E-state index contributed by atoms with van der Waals surface area (Å²) < 4.78 is 0. The summed E-state index contributed by atoms with van der Waals surface area (Å²) >= 11 is 0. The van der Waals surface area contributed by atoms with Crippen LogP contribution < -0.4 is 0 Å². The van der Waals surface area contributed by atoms with Crippen LogP contribution in [0.1, 0.15) is 317 Å². The SMILES string of the molecule is C1=C2CCCC2=CC2C1CCC2CC1CCCCC1.C1=C2CCCC2=CC2C1CCC2Cc1ccccc1.C1=CC2CCC(CC3CCCCC3)C2C=C1.C1=CC2CCC(Cc3ccccc3)C2C=C1.CC1C(C)C(C)C(C)C1C.CC1C(C)C(C)C(C)C1C.CC1C(C)C(C)C(C)C1C.CC1C(C)C(C)C(C)C1C.[CH3-].[CH3-].[CH3-].[CH3-].[CH3-].[CH3-].[CH3-].[CH3-].[CH3-].[CH3-].[CH3-].[CH3-].[CH3-].[CH3-].[CH3-].[CH3-].[Hf+4].[Hf+4].[Hf+4].[Hf+4]. The first-order chi connectivity index (χ1) is 52.9. The zero-order valence-electron chi connectivity index (χ0n) is 93.1. The van der Waals surface area contributed by atoms with Crippen molar-refractivity contribution in [3.63, 3.8) is 0 Å². The Hall–Kier alpha value is -0.159. The third-order valence-electron chi connectivity index (χ3n) is 37.5. The Morgan fingerprint density at radius 1 is 0.200 bits per heavy atom. The summed E-state index contributed by atoms with van der Waals surface area (Å²) in [5.41, 5.74) is 9.89. The second kappa shape index (κ2) is 73.0. The molecule has 2 aromatic rings. The molecule has 16 aliphatic carbocycles. The van der Waals surface area contributed by atoms with Crippen LogP contribution in [0.25, 0.3) is 0 Å². The molecule has 0 aliphatic heterocycles. The van der Waals surface area contributed by atoms with Crippen molar-refractivity contribution in [3.05, 3.63) is 286 Å². The summed E-state index contributed by atoms with van der Waals surface area (Å²) in [5.74, 6) is 31.5. The average molecular weight is 2450 g/mol. The Balaban J connectivity index is -0.000000157. The molecule has 2 aromatic carbocycles. The van der Waals surface area contributed by atoms with E-state index in [-0.39, 0.29) is 222 Å². The van der Waals surface area contributed by atoms with Crippen LogP contribution in [0.4, 0.5) is 0 Å². The Morgan fingerprint density at radius 3 is 0.677 bits per heavy atom. The minimum atomic E-state index is 0. The topological polar surface area (TPSA) is 0 Å². The second-order valence-corrected chi connectivity index (χ2v) is 42.4. The van der Waals surface area contributed by atoms with Crippen molar-refractivity contribution >= 4 is 0 Å². The Kier molecular flexibility index (Phi) is 84.3. The molecule has 0 amide bonds. The predicted molar refractivity (Wildman–Crippen MR) is 584 cm³/mol. The van der Waals surface area contributed by atoms with E-state index in [1.54, 1.807) is 28.7 Å². The summed E-state index contributed by atoms with van der Waals surface area (Å²) in [6.07, 6.45) is 70.0. The van der Waals surface area contributed by atoms with Crippen LogP contribution in [-0.2, 0) is 116 Å². The van der Waals surface area contributed by atoms with E-state index in [0.717, 1.165) is 201 Å². The largest absolute Gasteiger partial charge is 4.00 e. The zero-order valence-corrected chi connectivity index (χ0v) is 108. The normalized spacial score (nSPS) is 36.2. The van der Waals surface area contributed by atoms with E-state index in [9.17, 15) is 0 Å². The monoisotopic (exact) mass is 2450 g/mol. The second-order valence-electron chi connectivity index (χ2n) is 42.4. The maximum atomic E-state index is 2.73. The smallest absolute Gasteiger partial charge is 0.358 e. The van der Waals surface area contributed by atoms with Gasteiger partial charge in [0.05, 0.1) is 0 Å². The molecule has 130 heavy (non-hydrogen) atoms. The van der Waals surface area contributed by atoms with E-state index in [1.807, 2.05) is 0 Å². The van der Waals surface area contributed by atoms with Crippen LogP contribution >= 0.6 is 0 Å². The van der Waals surface area contributed by atoms with E-state index >= 15 is 0 Å². The molecule has 0 saturated heterocycles. The third kappa shape index (κ3) is 38.9. The van der Waals surface area contributed by atoms with Crippen LogP contribution in [0.15, 0.2) is 156 Å². The number of rotatable bonds is 8. The Bertz CT molecular complexity index is 3030. The molecule has 12 atom stereocenters. The maximum absolute atomic E-state index is 2.73. The Morgan fingerprint density at radius 2 is 0.408 bits per heavy atom. The molecule has 4 heteroatoms.